The van der Waals surface area contributed by atoms with E-state index in [0.29, 0.717) is 33.5 Å². The Morgan fingerprint density at radius 2 is 1.78 bits per heavy atom. The first-order valence-corrected chi connectivity index (χ1v) is 8.53. The Bertz CT molecular complexity index is 1230. The van der Waals surface area contributed by atoms with Crippen LogP contribution in [0, 0.1) is 6.92 Å². The van der Waals surface area contributed by atoms with Gasteiger partial charge in [-0.15, -0.1) is 0 Å². The zero-order valence-corrected chi connectivity index (χ0v) is 14.4. The van der Waals surface area contributed by atoms with Crippen LogP contribution in [0.1, 0.15) is 26.3 Å². The van der Waals surface area contributed by atoms with Gasteiger partial charge in [0.1, 0.15) is 0 Å². The van der Waals surface area contributed by atoms with Crippen LogP contribution in [0.3, 0.4) is 0 Å². The normalized spacial score (nSPS) is 13.4. The van der Waals surface area contributed by atoms with E-state index in [-0.39, 0.29) is 11.8 Å². The predicted octanol–water partition coefficient (Wildman–Crippen LogP) is 3.73. The van der Waals surface area contributed by atoms with Crippen molar-refractivity contribution in [2.24, 2.45) is 0 Å². The number of aromatic nitrogens is 3. The summed E-state index contributed by atoms with van der Waals surface area (Å²) in [5.74, 6) is -0.721. The van der Waals surface area contributed by atoms with Crippen molar-refractivity contribution in [1.82, 2.24) is 15.2 Å². The third kappa shape index (κ3) is 2.20. The van der Waals surface area contributed by atoms with E-state index in [1.54, 1.807) is 6.07 Å². The topological polar surface area (TPSA) is 79.0 Å². The van der Waals surface area contributed by atoms with Gasteiger partial charge in [-0.3, -0.25) is 14.7 Å². The Morgan fingerprint density at radius 1 is 0.963 bits per heavy atom. The molecule has 1 aliphatic rings. The summed E-state index contributed by atoms with van der Waals surface area (Å²) in [5, 5.41) is 7.77. The third-order valence-electron chi connectivity index (χ3n) is 4.76. The molecular formula is C21H14N4O2. The number of hydrogen-bond acceptors (Lipinski definition) is 4. The van der Waals surface area contributed by atoms with E-state index >= 15 is 0 Å². The molecule has 0 fully saturated rings. The van der Waals surface area contributed by atoms with Gasteiger partial charge in [-0.05, 0) is 24.6 Å². The maximum Gasteiger partial charge on any atom is 0.267 e. The second-order valence-corrected chi connectivity index (χ2v) is 6.49. The molecule has 130 valence electrons. The lowest BCUT2D eigenvalue weighted by Gasteiger charge is -2.14. The molecule has 1 aliphatic heterocycles. The molecule has 0 unspecified atom stereocenters. The lowest BCUT2D eigenvalue weighted by Crippen LogP contribution is -2.29. The fourth-order valence-electron chi connectivity index (χ4n) is 3.51. The van der Waals surface area contributed by atoms with E-state index in [4.69, 9.17) is 0 Å². The summed E-state index contributed by atoms with van der Waals surface area (Å²) in [7, 11) is 0. The molecule has 27 heavy (non-hydrogen) atoms. The second kappa shape index (κ2) is 5.60. The molecule has 0 spiro atoms. The number of pyridine rings is 1. The minimum Gasteiger partial charge on any atom is -0.275 e. The summed E-state index contributed by atoms with van der Waals surface area (Å²) in [6.07, 6.45) is 1.43. The van der Waals surface area contributed by atoms with E-state index < -0.39 is 0 Å². The number of anilines is 1. The Balaban J connectivity index is 1.75. The maximum atomic E-state index is 13.3. The SMILES string of the molecule is Cc1cccc(N2C(=O)c3cnc4n[nH]c(-c5ccccc5)c4c3C2=O)c1. The molecule has 0 radical (unpaired) electrons. The highest BCUT2D eigenvalue weighted by molar-refractivity contribution is 6.38. The van der Waals surface area contributed by atoms with Crippen molar-refractivity contribution in [1.29, 1.82) is 0 Å². The van der Waals surface area contributed by atoms with Gasteiger partial charge >= 0.3 is 0 Å². The number of fused-ring (bicyclic) bond motifs is 3. The third-order valence-corrected chi connectivity index (χ3v) is 4.76. The van der Waals surface area contributed by atoms with E-state index in [1.165, 1.54) is 11.1 Å². The number of carbonyl (C=O) groups excluding carboxylic acids is 2. The number of rotatable bonds is 2. The first-order valence-electron chi connectivity index (χ1n) is 8.53. The molecule has 2 aromatic carbocycles. The molecule has 0 saturated heterocycles. The zero-order valence-electron chi connectivity index (χ0n) is 14.4. The molecule has 0 bridgehead atoms. The molecule has 3 heterocycles. The average Bonchev–Trinajstić information content (AvgIpc) is 3.22. The first kappa shape index (κ1) is 15.5. The number of aromatic amines is 1. The standard InChI is InChI=1S/C21H14N4O2/c1-12-6-5-9-14(10-12)25-20(26)15-11-22-19-17(16(15)21(25)27)18(23-24-19)13-7-3-2-4-8-13/h2-11H,1H3,(H,22,23,24). The summed E-state index contributed by atoms with van der Waals surface area (Å²) in [4.78, 5) is 31.7. The van der Waals surface area contributed by atoms with Crippen molar-refractivity contribution in [3.63, 3.8) is 0 Å². The highest BCUT2D eigenvalue weighted by Crippen LogP contribution is 2.36. The van der Waals surface area contributed by atoms with Crippen LogP contribution in [-0.2, 0) is 0 Å². The molecule has 4 aromatic rings. The number of nitrogens with one attached hydrogen (secondary N) is 1. The molecule has 0 atom stereocenters. The minimum atomic E-state index is -0.366. The van der Waals surface area contributed by atoms with Gasteiger partial charge in [-0.25, -0.2) is 9.88 Å². The highest BCUT2D eigenvalue weighted by atomic mass is 16.2. The Kier molecular flexibility index (Phi) is 3.21. The minimum absolute atomic E-state index is 0.299. The fourth-order valence-corrected chi connectivity index (χ4v) is 3.51. The van der Waals surface area contributed by atoms with Gasteiger partial charge in [-0.1, -0.05) is 42.5 Å². The molecule has 5 rings (SSSR count). The van der Waals surface area contributed by atoms with Crippen LogP contribution < -0.4 is 4.90 Å². The van der Waals surface area contributed by atoms with Gasteiger partial charge < -0.3 is 0 Å². The monoisotopic (exact) mass is 354 g/mol. The van der Waals surface area contributed by atoms with Crippen molar-refractivity contribution in [3.05, 3.63) is 77.5 Å². The Labute approximate surface area is 154 Å². The quantitative estimate of drug-likeness (QED) is 0.556. The summed E-state index contributed by atoms with van der Waals surface area (Å²) in [5.41, 5.74) is 4.15. The second-order valence-electron chi connectivity index (χ2n) is 6.49. The van der Waals surface area contributed by atoms with Crippen LogP contribution in [0.4, 0.5) is 5.69 Å². The Morgan fingerprint density at radius 3 is 2.56 bits per heavy atom. The number of hydrogen-bond donors (Lipinski definition) is 1. The highest BCUT2D eigenvalue weighted by Gasteiger charge is 2.39. The first-order chi connectivity index (χ1) is 13.1. The van der Waals surface area contributed by atoms with Gasteiger partial charge in [0.25, 0.3) is 11.8 Å². The molecule has 0 aliphatic carbocycles. The summed E-state index contributed by atoms with van der Waals surface area (Å²) in [6.45, 7) is 1.92. The van der Waals surface area contributed by atoms with Crippen LogP contribution in [0.15, 0.2) is 60.8 Å². The van der Waals surface area contributed by atoms with Crippen molar-refractivity contribution < 1.29 is 9.59 Å². The van der Waals surface area contributed by atoms with Gasteiger partial charge in [0.15, 0.2) is 5.65 Å². The van der Waals surface area contributed by atoms with Crippen molar-refractivity contribution in [3.8, 4) is 11.3 Å². The molecule has 6 nitrogen and oxygen atoms in total. The zero-order chi connectivity index (χ0) is 18.5. The Hall–Kier alpha value is -3.80. The number of imide groups is 1. The maximum absolute atomic E-state index is 13.3. The number of aryl methyl sites for hydroxylation is 1. The fraction of sp³-hybridized carbons (Fsp3) is 0.0476. The number of nitrogens with zero attached hydrogens (tertiary/aromatic N) is 3. The van der Waals surface area contributed by atoms with Crippen LogP contribution >= 0.6 is 0 Å². The van der Waals surface area contributed by atoms with Crippen molar-refractivity contribution in [2.45, 2.75) is 6.92 Å². The number of carbonyl (C=O) groups is 2. The molecular weight excluding hydrogens is 340 g/mol. The summed E-state index contributed by atoms with van der Waals surface area (Å²) < 4.78 is 0. The molecule has 2 amide bonds. The van der Waals surface area contributed by atoms with E-state index in [0.717, 1.165) is 11.1 Å². The number of benzene rings is 2. The lowest BCUT2D eigenvalue weighted by atomic mass is 10.0. The molecule has 2 aromatic heterocycles. The van der Waals surface area contributed by atoms with Crippen LogP contribution in [0.5, 0.6) is 0 Å². The van der Waals surface area contributed by atoms with Gasteiger partial charge in [-0.2, -0.15) is 5.10 Å². The summed E-state index contributed by atoms with van der Waals surface area (Å²) in [6, 6.07) is 16.9. The molecule has 0 saturated carbocycles. The molecule has 1 N–H and O–H groups in total. The van der Waals surface area contributed by atoms with Gasteiger partial charge in [0, 0.05) is 11.8 Å². The van der Waals surface area contributed by atoms with Crippen LogP contribution in [0.2, 0.25) is 0 Å². The van der Waals surface area contributed by atoms with Crippen molar-refractivity contribution in [2.75, 3.05) is 4.90 Å². The van der Waals surface area contributed by atoms with Gasteiger partial charge in [0.2, 0.25) is 0 Å². The summed E-state index contributed by atoms with van der Waals surface area (Å²) >= 11 is 0. The average molecular weight is 354 g/mol. The van der Waals surface area contributed by atoms with Gasteiger partial charge in [0.05, 0.1) is 27.9 Å². The molecule has 6 heteroatoms. The lowest BCUT2D eigenvalue weighted by molar-refractivity contribution is 0.0926. The van der Waals surface area contributed by atoms with Crippen LogP contribution in [-0.4, -0.2) is 27.0 Å². The number of H-pyrrole nitrogens is 1. The van der Waals surface area contributed by atoms with E-state index in [2.05, 4.69) is 15.2 Å². The van der Waals surface area contributed by atoms with Crippen molar-refractivity contribution >= 4 is 28.5 Å². The smallest absolute Gasteiger partial charge is 0.267 e. The van der Waals surface area contributed by atoms with Crippen LogP contribution in [0.25, 0.3) is 22.3 Å². The van der Waals surface area contributed by atoms with E-state index in [1.807, 2.05) is 55.5 Å². The number of amides is 2. The largest absolute Gasteiger partial charge is 0.275 e. The van der Waals surface area contributed by atoms with E-state index in [9.17, 15) is 9.59 Å². The predicted molar refractivity (Wildman–Crippen MR) is 102 cm³/mol.